The van der Waals surface area contributed by atoms with Gasteiger partial charge in [0.2, 0.25) is 0 Å². The molecule has 0 aromatic heterocycles. The molecule has 1 heterocycles. The molecule has 3 rings (SSSR count). The molecule has 2 fully saturated rings. The third-order valence-electron chi connectivity index (χ3n) is 4.04. The van der Waals surface area contributed by atoms with Crippen molar-refractivity contribution < 1.29 is 9.53 Å². The molecule has 1 saturated heterocycles. The fourth-order valence-electron chi connectivity index (χ4n) is 3.03. The fraction of sp³-hybridized carbons (Fsp3) is 0.467. The molecule has 2 aliphatic rings. The highest BCUT2D eigenvalue weighted by molar-refractivity contribution is 5.78. The predicted molar refractivity (Wildman–Crippen MR) is 69.1 cm³/mol. The fourth-order valence-corrected chi connectivity index (χ4v) is 3.03. The molecule has 1 aromatic carbocycles. The molecular formula is C15H16N2O2. The summed E-state index contributed by atoms with van der Waals surface area (Å²) >= 11 is 0. The van der Waals surface area contributed by atoms with E-state index in [-0.39, 0.29) is 12.1 Å². The number of nitriles is 1. The smallest absolute Gasteiger partial charge is 0.323 e. The van der Waals surface area contributed by atoms with Crippen molar-refractivity contribution in [2.24, 2.45) is 0 Å². The summed E-state index contributed by atoms with van der Waals surface area (Å²) in [5.41, 5.74) is 0.398. The standard InChI is InChI=1S/C15H16N2O2/c16-10-15-8-4-7-13(15)19-14(18)12(17-15)9-11-5-2-1-3-6-11/h1-3,5-6,12-13,17H,4,7-9H2. The van der Waals surface area contributed by atoms with Crippen LogP contribution in [0.2, 0.25) is 0 Å². The largest absolute Gasteiger partial charge is 0.458 e. The van der Waals surface area contributed by atoms with Gasteiger partial charge in [-0.05, 0) is 31.2 Å². The van der Waals surface area contributed by atoms with Gasteiger partial charge >= 0.3 is 5.97 Å². The van der Waals surface area contributed by atoms with Gasteiger partial charge in [-0.25, -0.2) is 0 Å². The summed E-state index contributed by atoms with van der Waals surface area (Å²) < 4.78 is 5.47. The maximum absolute atomic E-state index is 12.0. The van der Waals surface area contributed by atoms with Crippen molar-refractivity contribution in [3.05, 3.63) is 35.9 Å². The summed E-state index contributed by atoms with van der Waals surface area (Å²) in [4.78, 5) is 12.0. The topological polar surface area (TPSA) is 62.1 Å². The zero-order valence-electron chi connectivity index (χ0n) is 10.6. The summed E-state index contributed by atoms with van der Waals surface area (Å²) in [7, 11) is 0. The molecule has 19 heavy (non-hydrogen) atoms. The van der Waals surface area contributed by atoms with E-state index in [1.165, 1.54) is 0 Å². The number of rotatable bonds is 2. The van der Waals surface area contributed by atoms with E-state index in [9.17, 15) is 10.1 Å². The Bertz CT molecular complexity index is 523. The molecule has 0 radical (unpaired) electrons. The van der Waals surface area contributed by atoms with Crippen LogP contribution in [0, 0.1) is 11.3 Å². The summed E-state index contributed by atoms with van der Waals surface area (Å²) in [5.74, 6) is -0.235. The van der Waals surface area contributed by atoms with Gasteiger partial charge in [0.25, 0.3) is 0 Å². The number of nitrogens with one attached hydrogen (secondary N) is 1. The third kappa shape index (κ3) is 2.11. The van der Waals surface area contributed by atoms with E-state index in [0.717, 1.165) is 24.8 Å². The second kappa shape index (κ2) is 4.67. The molecule has 1 aliphatic carbocycles. The van der Waals surface area contributed by atoms with Gasteiger partial charge in [-0.15, -0.1) is 0 Å². The quantitative estimate of drug-likeness (QED) is 0.816. The van der Waals surface area contributed by atoms with Crippen molar-refractivity contribution in [3.8, 4) is 6.07 Å². The molecule has 1 saturated carbocycles. The highest BCUT2D eigenvalue weighted by Gasteiger charge is 2.52. The lowest BCUT2D eigenvalue weighted by Gasteiger charge is -2.38. The number of carbonyl (C=O) groups is 1. The molecule has 98 valence electrons. The number of hydrogen-bond acceptors (Lipinski definition) is 4. The Kier molecular flexibility index (Phi) is 3.00. The van der Waals surface area contributed by atoms with Crippen LogP contribution in [0.25, 0.3) is 0 Å². The molecular weight excluding hydrogens is 240 g/mol. The second-order valence-electron chi connectivity index (χ2n) is 5.29. The van der Waals surface area contributed by atoms with Gasteiger partial charge in [0.1, 0.15) is 17.7 Å². The number of nitrogens with zero attached hydrogens (tertiary/aromatic N) is 1. The number of carbonyl (C=O) groups excluding carboxylic acids is 1. The van der Waals surface area contributed by atoms with Crippen LogP contribution < -0.4 is 5.32 Å². The number of fused-ring (bicyclic) bond motifs is 1. The first-order chi connectivity index (χ1) is 9.23. The van der Waals surface area contributed by atoms with E-state index in [1.54, 1.807) is 0 Å². The Morgan fingerprint density at radius 1 is 1.42 bits per heavy atom. The third-order valence-corrected chi connectivity index (χ3v) is 4.04. The van der Waals surface area contributed by atoms with Gasteiger partial charge in [-0.3, -0.25) is 10.1 Å². The number of ether oxygens (including phenoxy) is 1. The van der Waals surface area contributed by atoms with Crippen molar-refractivity contribution in [2.45, 2.75) is 43.4 Å². The average molecular weight is 256 g/mol. The van der Waals surface area contributed by atoms with Crippen molar-refractivity contribution >= 4 is 5.97 Å². The molecule has 1 aliphatic heterocycles. The first-order valence-corrected chi connectivity index (χ1v) is 6.67. The molecule has 1 N–H and O–H groups in total. The van der Waals surface area contributed by atoms with Gasteiger partial charge in [0.15, 0.2) is 0 Å². The summed E-state index contributed by atoms with van der Waals surface area (Å²) in [6, 6.07) is 11.7. The first kappa shape index (κ1) is 12.2. The van der Waals surface area contributed by atoms with Crippen LogP contribution >= 0.6 is 0 Å². The molecule has 0 spiro atoms. The zero-order valence-corrected chi connectivity index (χ0v) is 10.6. The highest BCUT2D eigenvalue weighted by atomic mass is 16.6. The van der Waals surface area contributed by atoms with Crippen molar-refractivity contribution in [3.63, 3.8) is 0 Å². The van der Waals surface area contributed by atoms with E-state index < -0.39 is 11.6 Å². The monoisotopic (exact) mass is 256 g/mol. The van der Waals surface area contributed by atoms with Crippen LogP contribution in [-0.4, -0.2) is 23.7 Å². The van der Waals surface area contributed by atoms with Crippen molar-refractivity contribution in [1.82, 2.24) is 5.32 Å². The van der Waals surface area contributed by atoms with Crippen LogP contribution in [0.3, 0.4) is 0 Å². The molecule has 0 amide bonds. The molecule has 1 aromatic rings. The van der Waals surface area contributed by atoms with Gasteiger partial charge < -0.3 is 4.74 Å². The molecule has 4 nitrogen and oxygen atoms in total. The van der Waals surface area contributed by atoms with Crippen LogP contribution in [-0.2, 0) is 16.0 Å². The lowest BCUT2D eigenvalue weighted by molar-refractivity contribution is -0.161. The van der Waals surface area contributed by atoms with Gasteiger partial charge in [-0.2, -0.15) is 5.26 Å². The lowest BCUT2D eigenvalue weighted by atomic mass is 9.91. The van der Waals surface area contributed by atoms with E-state index in [2.05, 4.69) is 11.4 Å². The van der Waals surface area contributed by atoms with Gasteiger partial charge in [-0.1, -0.05) is 30.3 Å². The zero-order chi connectivity index (χ0) is 13.3. The molecule has 3 atom stereocenters. The van der Waals surface area contributed by atoms with Crippen molar-refractivity contribution in [1.29, 1.82) is 5.26 Å². The Balaban J connectivity index is 1.79. The number of esters is 1. The molecule has 0 bridgehead atoms. The van der Waals surface area contributed by atoms with Crippen LogP contribution in [0.5, 0.6) is 0 Å². The van der Waals surface area contributed by atoms with E-state index >= 15 is 0 Å². The lowest BCUT2D eigenvalue weighted by Crippen LogP contribution is -2.63. The SMILES string of the molecule is N#CC12CCCC1OC(=O)C(Cc1ccccc1)N2. The maximum Gasteiger partial charge on any atom is 0.323 e. The van der Waals surface area contributed by atoms with E-state index in [1.807, 2.05) is 30.3 Å². The summed E-state index contributed by atoms with van der Waals surface area (Å²) in [5, 5.41) is 12.7. The maximum atomic E-state index is 12.0. The van der Waals surface area contributed by atoms with Crippen molar-refractivity contribution in [2.75, 3.05) is 0 Å². The minimum absolute atomic E-state index is 0.235. The highest BCUT2D eigenvalue weighted by Crippen LogP contribution is 2.35. The Labute approximate surface area is 112 Å². The average Bonchev–Trinajstić information content (AvgIpc) is 2.84. The number of hydrogen-bond donors (Lipinski definition) is 1. The van der Waals surface area contributed by atoms with E-state index in [0.29, 0.717) is 6.42 Å². The molecule has 4 heteroatoms. The predicted octanol–water partition coefficient (Wildman–Crippen LogP) is 1.56. The number of morpholine rings is 1. The van der Waals surface area contributed by atoms with Crippen LogP contribution in [0.4, 0.5) is 0 Å². The number of benzene rings is 1. The first-order valence-electron chi connectivity index (χ1n) is 6.67. The van der Waals surface area contributed by atoms with Crippen LogP contribution in [0.15, 0.2) is 30.3 Å². The molecule has 3 unspecified atom stereocenters. The summed E-state index contributed by atoms with van der Waals surface area (Å²) in [6.07, 6.45) is 2.75. The second-order valence-corrected chi connectivity index (χ2v) is 5.29. The summed E-state index contributed by atoms with van der Waals surface area (Å²) in [6.45, 7) is 0. The Morgan fingerprint density at radius 2 is 2.21 bits per heavy atom. The minimum Gasteiger partial charge on any atom is -0.458 e. The normalized spacial score (nSPS) is 33.3. The Hall–Kier alpha value is -1.86. The van der Waals surface area contributed by atoms with Gasteiger partial charge in [0, 0.05) is 0 Å². The van der Waals surface area contributed by atoms with E-state index in [4.69, 9.17) is 4.74 Å². The van der Waals surface area contributed by atoms with Gasteiger partial charge in [0.05, 0.1) is 6.07 Å². The van der Waals surface area contributed by atoms with Crippen LogP contribution in [0.1, 0.15) is 24.8 Å². The minimum atomic E-state index is -0.673. The Morgan fingerprint density at radius 3 is 2.95 bits per heavy atom.